The maximum atomic E-state index is 13.0. The van der Waals surface area contributed by atoms with Crippen molar-refractivity contribution in [2.75, 3.05) is 11.5 Å². The van der Waals surface area contributed by atoms with Crippen LogP contribution in [0.15, 0.2) is 24.4 Å². The van der Waals surface area contributed by atoms with Gasteiger partial charge in [-0.1, -0.05) is 0 Å². The van der Waals surface area contributed by atoms with Gasteiger partial charge in [0.25, 0.3) is 11.8 Å². The second-order valence-corrected chi connectivity index (χ2v) is 10.0. The minimum absolute atomic E-state index is 0.0107. The predicted octanol–water partition coefficient (Wildman–Crippen LogP) is 1.96. The summed E-state index contributed by atoms with van der Waals surface area (Å²) in [5, 5.41) is 17.2. The highest BCUT2D eigenvalue weighted by atomic mass is 16.3. The van der Waals surface area contributed by atoms with Crippen molar-refractivity contribution in [2.45, 2.75) is 63.8 Å². The van der Waals surface area contributed by atoms with Crippen LogP contribution in [0, 0.1) is 5.92 Å². The first-order valence-corrected chi connectivity index (χ1v) is 12.2. The molecule has 6 N–H and O–H groups in total. The molecule has 3 atom stereocenters. The second kappa shape index (κ2) is 7.94. The molecule has 6 rings (SSSR count). The summed E-state index contributed by atoms with van der Waals surface area (Å²) in [4.78, 5) is 32.7. The van der Waals surface area contributed by atoms with Gasteiger partial charge in [-0.3, -0.25) is 9.59 Å². The number of aromatic nitrogens is 3. The monoisotopic (exact) mass is 475 g/mol. The molecule has 35 heavy (non-hydrogen) atoms. The van der Waals surface area contributed by atoms with Crippen LogP contribution in [0.4, 0.5) is 11.5 Å². The summed E-state index contributed by atoms with van der Waals surface area (Å²) < 4.78 is 1.47. The Bertz CT molecular complexity index is 1360. The topological polar surface area (TPSA) is 152 Å². The van der Waals surface area contributed by atoms with Gasteiger partial charge in [-0.15, -0.1) is 5.10 Å². The Kier molecular flexibility index (Phi) is 4.96. The normalized spacial score (nSPS) is 22.6. The molecule has 0 bridgehead atoms. The van der Waals surface area contributed by atoms with Crippen LogP contribution in [0.1, 0.15) is 65.3 Å². The van der Waals surface area contributed by atoms with Crippen molar-refractivity contribution < 1.29 is 14.7 Å². The first-order valence-electron chi connectivity index (χ1n) is 12.2. The van der Waals surface area contributed by atoms with Crippen LogP contribution in [-0.2, 0) is 6.54 Å². The van der Waals surface area contributed by atoms with Crippen molar-refractivity contribution in [3.8, 4) is 11.3 Å². The molecule has 1 aliphatic heterocycles. The number of benzene rings is 1. The molecule has 0 saturated heterocycles. The lowest BCUT2D eigenvalue weighted by atomic mass is 10.0. The van der Waals surface area contributed by atoms with Gasteiger partial charge in [-0.25, -0.2) is 9.50 Å². The number of carbonyl (C=O) groups excluding carboxylic acids is 2. The SMILES string of the molecule is C[C@@H](C1CC1)N1Cc2cc(-c3ccn4nc(N)c(C(=O)N[C@@H]5CCC[C@H]5O)c4n3)cc(N)c2C1=O. The van der Waals surface area contributed by atoms with Gasteiger partial charge in [0.05, 0.1) is 23.4 Å². The fraction of sp³-hybridized carbons (Fsp3) is 0.440. The second-order valence-electron chi connectivity index (χ2n) is 10.0. The quantitative estimate of drug-likeness (QED) is 0.412. The smallest absolute Gasteiger partial charge is 0.259 e. The van der Waals surface area contributed by atoms with Gasteiger partial charge < -0.3 is 26.8 Å². The number of anilines is 2. The van der Waals surface area contributed by atoms with Crippen LogP contribution < -0.4 is 16.8 Å². The van der Waals surface area contributed by atoms with Crippen LogP contribution >= 0.6 is 0 Å². The Labute approximate surface area is 202 Å². The van der Waals surface area contributed by atoms with Crippen LogP contribution in [0.2, 0.25) is 0 Å². The third-order valence-electron chi connectivity index (χ3n) is 7.69. The molecule has 10 heteroatoms. The zero-order valence-electron chi connectivity index (χ0n) is 19.6. The number of carbonyl (C=O) groups is 2. The van der Waals surface area contributed by atoms with Gasteiger partial charge in [0.1, 0.15) is 5.56 Å². The summed E-state index contributed by atoms with van der Waals surface area (Å²) in [6.07, 6.45) is 5.70. The Morgan fingerprint density at radius 3 is 2.74 bits per heavy atom. The minimum Gasteiger partial charge on any atom is -0.398 e. The van der Waals surface area contributed by atoms with E-state index in [2.05, 4.69) is 17.3 Å². The Morgan fingerprint density at radius 2 is 2.03 bits per heavy atom. The van der Waals surface area contributed by atoms with Crippen LogP contribution in [-0.4, -0.2) is 54.6 Å². The number of nitrogens with one attached hydrogen (secondary N) is 1. The molecular weight excluding hydrogens is 446 g/mol. The highest BCUT2D eigenvalue weighted by Gasteiger charge is 2.39. The van der Waals surface area contributed by atoms with Gasteiger partial charge in [0.2, 0.25) is 0 Å². The molecule has 10 nitrogen and oxygen atoms in total. The molecule has 2 aromatic heterocycles. The lowest BCUT2D eigenvalue weighted by Crippen LogP contribution is -2.40. The number of rotatable bonds is 5. The highest BCUT2D eigenvalue weighted by molar-refractivity contribution is 6.05. The maximum absolute atomic E-state index is 13.0. The van der Waals surface area contributed by atoms with E-state index in [1.54, 1.807) is 18.3 Å². The number of nitrogens with zero attached hydrogens (tertiary/aromatic N) is 4. The van der Waals surface area contributed by atoms with E-state index < -0.39 is 12.0 Å². The van der Waals surface area contributed by atoms with E-state index in [1.165, 1.54) is 4.52 Å². The number of nitrogen functional groups attached to an aromatic ring is 2. The van der Waals surface area contributed by atoms with Gasteiger partial charge >= 0.3 is 0 Å². The predicted molar refractivity (Wildman–Crippen MR) is 130 cm³/mol. The summed E-state index contributed by atoms with van der Waals surface area (Å²) in [5.41, 5.74) is 16.2. The minimum atomic E-state index is -0.565. The van der Waals surface area contributed by atoms with Crippen molar-refractivity contribution in [2.24, 2.45) is 5.92 Å². The lowest BCUT2D eigenvalue weighted by Gasteiger charge is -2.24. The van der Waals surface area contributed by atoms with Gasteiger partial charge in [0.15, 0.2) is 11.5 Å². The number of aliphatic hydroxyl groups is 1. The van der Waals surface area contributed by atoms with E-state index in [0.29, 0.717) is 47.9 Å². The molecule has 2 fully saturated rings. The van der Waals surface area contributed by atoms with Gasteiger partial charge in [-0.2, -0.15) is 0 Å². The zero-order valence-corrected chi connectivity index (χ0v) is 19.6. The fourth-order valence-corrected chi connectivity index (χ4v) is 5.50. The molecule has 1 aromatic carbocycles. The number of hydrogen-bond acceptors (Lipinski definition) is 7. The third kappa shape index (κ3) is 3.59. The molecular formula is C25H29N7O3. The number of hydrogen-bond donors (Lipinski definition) is 4. The summed E-state index contributed by atoms with van der Waals surface area (Å²) in [6, 6.07) is 5.38. The fourth-order valence-electron chi connectivity index (χ4n) is 5.50. The Hall–Kier alpha value is -3.66. The Morgan fingerprint density at radius 1 is 1.23 bits per heavy atom. The van der Waals surface area contributed by atoms with Crippen LogP contribution in [0.3, 0.4) is 0 Å². The molecule has 3 aromatic rings. The maximum Gasteiger partial charge on any atom is 0.259 e. The van der Waals surface area contributed by atoms with E-state index in [1.807, 2.05) is 11.0 Å². The van der Waals surface area contributed by atoms with E-state index in [-0.39, 0.29) is 29.4 Å². The highest BCUT2D eigenvalue weighted by Crippen LogP contribution is 2.40. The zero-order chi connectivity index (χ0) is 24.4. The summed E-state index contributed by atoms with van der Waals surface area (Å²) in [7, 11) is 0. The molecule has 182 valence electrons. The number of amides is 2. The average Bonchev–Trinajstić information content (AvgIpc) is 3.40. The van der Waals surface area contributed by atoms with E-state index in [9.17, 15) is 14.7 Å². The van der Waals surface area contributed by atoms with Crippen molar-refractivity contribution in [3.05, 3.63) is 41.1 Å². The molecule has 3 aliphatic rings. The molecule has 2 aliphatic carbocycles. The van der Waals surface area contributed by atoms with Crippen molar-refractivity contribution in [1.29, 1.82) is 0 Å². The third-order valence-corrected chi connectivity index (χ3v) is 7.69. The van der Waals surface area contributed by atoms with Crippen molar-refractivity contribution in [1.82, 2.24) is 24.8 Å². The standard InChI is InChI=1S/C25H29N7O3/c1-12(13-5-6-13)31-11-15-9-14(10-16(26)20(15)25(31)35)17-7-8-32-23(28-17)21(22(27)30-32)24(34)29-18-3-2-4-19(18)33/h7-10,12-13,18-19,33H,2-6,11,26H2,1H3,(H2,27,30)(H,29,34)/t12-,18+,19+/m0/s1. The molecule has 3 heterocycles. The molecule has 0 radical (unpaired) electrons. The first-order chi connectivity index (χ1) is 16.8. The summed E-state index contributed by atoms with van der Waals surface area (Å²) in [6.45, 7) is 2.64. The molecule has 2 amide bonds. The van der Waals surface area contributed by atoms with E-state index >= 15 is 0 Å². The molecule has 0 unspecified atom stereocenters. The molecule has 0 spiro atoms. The average molecular weight is 476 g/mol. The summed E-state index contributed by atoms with van der Waals surface area (Å²) >= 11 is 0. The first kappa shape index (κ1) is 21.8. The van der Waals surface area contributed by atoms with Gasteiger partial charge in [-0.05, 0) is 68.7 Å². The van der Waals surface area contributed by atoms with Crippen molar-refractivity contribution >= 4 is 29.0 Å². The largest absolute Gasteiger partial charge is 0.398 e. The number of nitrogens with two attached hydrogens (primary N) is 2. The van der Waals surface area contributed by atoms with Crippen LogP contribution in [0.25, 0.3) is 16.9 Å². The van der Waals surface area contributed by atoms with Crippen molar-refractivity contribution in [3.63, 3.8) is 0 Å². The van der Waals surface area contributed by atoms with E-state index in [4.69, 9.17) is 16.5 Å². The number of aliphatic hydroxyl groups excluding tert-OH is 1. The number of fused-ring (bicyclic) bond motifs is 2. The van der Waals surface area contributed by atoms with Gasteiger partial charge in [0, 0.05) is 30.0 Å². The summed E-state index contributed by atoms with van der Waals surface area (Å²) in [5.74, 6) is 0.226. The van der Waals surface area contributed by atoms with E-state index in [0.717, 1.165) is 30.4 Å². The Balaban J connectivity index is 1.34. The van der Waals surface area contributed by atoms with Crippen LogP contribution in [0.5, 0.6) is 0 Å². The molecule has 2 saturated carbocycles. The lowest BCUT2D eigenvalue weighted by molar-refractivity contribution is 0.0698.